The Balaban J connectivity index is 0.000000500. The van der Waals surface area contributed by atoms with Gasteiger partial charge >= 0.3 is 0 Å². The number of fused-ring (bicyclic) bond motifs is 1. The second-order valence-electron chi connectivity index (χ2n) is 3.26. The molecule has 1 saturated carbocycles. The molecule has 0 radical (unpaired) electrons. The van der Waals surface area contributed by atoms with E-state index >= 15 is 0 Å². The molecule has 1 saturated heterocycles. The van der Waals surface area contributed by atoms with E-state index in [-0.39, 0.29) is 12.4 Å². The predicted octanol–water partition coefficient (Wildman–Crippen LogP) is 0.256. The van der Waals surface area contributed by atoms with E-state index in [1.807, 2.05) is 0 Å². The maximum absolute atomic E-state index is 8.81. The molecule has 0 aromatic carbocycles. The van der Waals surface area contributed by atoms with Crippen molar-refractivity contribution in [3.8, 4) is 0 Å². The van der Waals surface area contributed by atoms with Crippen molar-refractivity contribution in [3.05, 3.63) is 0 Å². The molecule has 1 heterocycles. The van der Waals surface area contributed by atoms with Gasteiger partial charge in [0.25, 0.3) is 0 Å². The third kappa shape index (κ3) is 1.04. The number of aliphatic hydroxyl groups is 1. The molecule has 0 amide bonds. The zero-order valence-corrected chi connectivity index (χ0v) is 6.73. The molecule has 1 aliphatic carbocycles. The number of hydrogen-bond donors (Lipinski definition) is 2. The maximum Gasteiger partial charge on any atom is 0.0462 e. The van der Waals surface area contributed by atoms with Gasteiger partial charge in [-0.3, -0.25) is 0 Å². The molecule has 0 unspecified atom stereocenters. The van der Waals surface area contributed by atoms with Gasteiger partial charge in [0.1, 0.15) is 0 Å². The molecule has 3 heteroatoms. The van der Waals surface area contributed by atoms with Crippen LogP contribution in [0.1, 0.15) is 6.42 Å². The summed E-state index contributed by atoms with van der Waals surface area (Å²) in [4.78, 5) is 0. The van der Waals surface area contributed by atoms with Gasteiger partial charge in [-0.05, 0) is 37.3 Å². The van der Waals surface area contributed by atoms with Crippen molar-refractivity contribution in [1.29, 1.82) is 0 Å². The fourth-order valence-corrected chi connectivity index (χ4v) is 2.14. The average molecular weight is 164 g/mol. The van der Waals surface area contributed by atoms with Crippen molar-refractivity contribution in [2.75, 3.05) is 19.7 Å². The van der Waals surface area contributed by atoms with Crippen molar-refractivity contribution in [2.45, 2.75) is 6.42 Å². The summed E-state index contributed by atoms with van der Waals surface area (Å²) in [6, 6.07) is 0. The van der Waals surface area contributed by atoms with Gasteiger partial charge in [-0.15, -0.1) is 12.4 Å². The van der Waals surface area contributed by atoms with Crippen LogP contribution >= 0.6 is 12.4 Å². The number of halogens is 1. The van der Waals surface area contributed by atoms with E-state index < -0.39 is 0 Å². The van der Waals surface area contributed by atoms with Crippen LogP contribution < -0.4 is 5.32 Å². The molecule has 2 N–H and O–H groups in total. The monoisotopic (exact) mass is 163 g/mol. The van der Waals surface area contributed by atoms with Crippen LogP contribution in [0.15, 0.2) is 0 Å². The van der Waals surface area contributed by atoms with Crippen molar-refractivity contribution < 1.29 is 5.11 Å². The molecular weight excluding hydrogens is 150 g/mol. The van der Waals surface area contributed by atoms with Gasteiger partial charge in [0.15, 0.2) is 0 Å². The molecular formula is C7H14ClNO. The minimum atomic E-state index is 0. The smallest absolute Gasteiger partial charge is 0.0462 e. The first-order valence-electron chi connectivity index (χ1n) is 3.73. The highest BCUT2D eigenvalue weighted by molar-refractivity contribution is 5.85. The largest absolute Gasteiger partial charge is 0.396 e. The Morgan fingerprint density at radius 1 is 1.40 bits per heavy atom. The lowest BCUT2D eigenvalue weighted by atomic mass is 9.67. The number of aliphatic hydroxyl groups excluding tert-OH is 1. The molecule has 2 rings (SSSR count). The van der Waals surface area contributed by atoms with Crippen LogP contribution in [0.25, 0.3) is 0 Å². The van der Waals surface area contributed by atoms with Crippen molar-refractivity contribution in [3.63, 3.8) is 0 Å². The molecule has 2 nitrogen and oxygen atoms in total. The van der Waals surface area contributed by atoms with Gasteiger partial charge in [0, 0.05) is 6.61 Å². The van der Waals surface area contributed by atoms with Crippen molar-refractivity contribution >= 4 is 12.4 Å². The summed E-state index contributed by atoms with van der Waals surface area (Å²) in [5.41, 5.74) is 0. The summed E-state index contributed by atoms with van der Waals surface area (Å²) in [5, 5.41) is 12.1. The molecule has 2 fully saturated rings. The Morgan fingerprint density at radius 2 is 2.20 bits per heavy atom. The van der Waals surface area contributed by atoms with Crippen LogP contribution in [-0.2, 0) is 0 Å². The third-order valence-corrected chi connectivity index (χ3v) is 2.84. The Labute approximate surface area is 67.4 Å². The molecule has 2 aliphatic rings. The fourth-order valence-electron chi connectivity index (χ4n) is 2.14. The summed E-state index contributed by atoms with van der Waals surface area (Å²) in [7, 11) is 0. The van der Waals surface area contributed by atoms with E-state index in [0.717, 1.165) is 18.4 Å². The van der Waals surface area contributed by atoms with Crippen LogP contribution in [0.4, 0.5) is 0 Å². The summed E-state index contributed by atoms with van der Waals surface area (Å²) in [5.74, 6) is 2.35. The fraction of sp³-hybridized carbons (Fsp3) is 1.00. The van der Waals surface area contributed by atoms with Crippen LogP contribution in [0, 0.1) is 17.8 Å². The van der Waals surface area contributed by atoms with Gasteiger partial charge in [-0.2, -0.15) is 0 Å². The molecule has 3 atom stereocenters. The van der Waals surface area contributed by atoms with E-state index in [4.69, 9.17) is 5.11 Å². The van der Waals surface area contributed by atoms with Gasteiger partial charge < -0.3 is 10.4 Å². The van der Waals surface area contributed by atoms with Gasteiger partial charge in [0.2, 0.25) is 0 Å². The zero-order valence-electron chi connectivity index (χ0n) is 5.92. The maximum atomic E-state index is 8.81. The molecule has 0 spiro atoms. The van der Waals surface area contributed by atoms with Crippen molar-refractivity contribution in [2.24, 2.45) is 17.8 Å². The summed E-state index contributed by atoms with van der Waals surface area (Å²) < 4.78 is 0. The standard InChI is InChI=1S/C7H13NO.ClH/c9-4-6-1-5-2-8-3-7(5)6;/h5-9H,1-4H2;1H/t5-,6-,7+;/m1./s1. The topological polar surface area (TPSA) is 32.3 Å². The molecule has 1 aliphatic heterocycles. The lowest BCUT2D eigenvalue weighted by Crippen LogP contribution is -2.37. The van der Waals surface area contributed by atoms with Crippen LogP contribution in [0.3, 0.4) is 0 Å². The summed E-state index contributed by atoms with van der Waals surface area (Å²) in [6.07, 6.45) is 1.26. The van der Waals surface area contributed by atoms with Gasteiger partial charge in [0.05, 0.1) is 0 Å². The SMILES string of the molecule is Cl.OC[C@H]1C[C@@H]2CNC[C@H]12. The van der Waals surface area contributed by atoms with Crippen molar-refractivity contribution in [1.82, 2.24) is 5.32 Å². The molecule has 0 aromatic rings. The predicted molar refractivity (Wildman–Crippen MR) is 42.3 cm³/mol. The number of rotatable bonds is 1. The second-order valence-corrected chi connectivity index (χ2v) is 3.26. The van der Waals surface area contributed by atoms with Crippen LogP contribution in [-0.4, -0.2) is 24.8 Å². The minimum absolute atomic E-state index is 0. The van der Waals surface area contributed by atoms with E-state index in [2.05, 4.69) is 5.32 Å². The van der Waals surface area contributed by atoms with Crippen LogP contribution in [0.2, 0.25) is 0 Å². The minimum Gasteiger partial charge on any atom is -0.396 e. The lowest BCUT2D eigenvalue weighted by molar-refractivity contribution is 0.0579. The summed E-state index contributed by atoms with van der Waals surface area (Å²) >= 11 is 0. The first-order chi connectivity index (χ1) is 4.42. The number of nitrogens with one attached hydrogen (secondary N) is 1. The summed E-state index contributed by atoms with van der Waals surface area (Å²) in [6.45, 7) is 2.75. The number of hydrogen-bond acceptors (Lipinski definition) is 2. The van der Waals surface area contributed by atoms with E-state index in [1.165, 1.54) is 13.0 Å². The third-order valence-electron chi connectivity index (χ3n) is 2.84. The Hall–Kier alpha value is 0.210. The molecule has 0 bridgehead atoms. The van der Waals surface area contributed by atoms with E-state index in [1.54, 1.807) is 0 Å². The normalized spacial score (nSPS) is 43.5. The highest BCUT2D eigenvalue weighted by Gasteiger charge is 2.42. The second kappa shape index (κ2) is 3.07. The average Bonchev–Trinajstić information content (AvgIpc) is 2.14. The molecule has 0 aromatic heterocycles. The van der Waals surface area contributed by atoms with Gasteiger partial charge in [-0.25, -0.2) is 0 Å². The van der Waals surface area contributed by atoms with Gasteiger partial charge in [-0.1, -0.05) is 0 Å². The Bertz CT molecular complexity index is 120. The molecule has 60 valence electrons. The Kier molecular flexibility index (Phi) is 2.55. The zero-order chi connectivity index (χ0) is 6.27. The van der Waals surface area contributed by atoms with E-state index in [9.17, 15) is 0 Å². The highest BCUT2D eigenvalue weighted by Crippen LogP contribution is 2.41. The Morgan fingerprint density at radius 3 is 2.80 bits per heavy atom. The first kappa shape index (κ1) is 8.31. The van der Waals surface area contributed by atoms with Crippen LogP contribution in [0.5, 0.6) is 0 Å². The quantitative estimate of drug-likeness (QED) is 0.581. The molecule has 10 heavy (non-hydrogen) atoms. The highest BCUT2D eigenvalue weighted by atomic mass is 35.5. The first-order valence-corrected chi connectivity index (χ1v) is 3.73. The van der Waals surface area contributed by atoms with E-state index in [0.29, 0.717) is 12.5 Å². The lowest BCUT2D eigenvalue weighted by Gasteiger charge is -2.38.